The third-order valence-electron chi connectivity index (χ3n) is 7.74. The van der Waals surface area contributed by atoms with Crippen molar-refractivity contribution < 1.29 is 27.5 Å². The van der Waals surface area contributed by atoms with E-state index in [2.05, 4.69) is 111 Å². The fraction of sp³-hybridized carbons (Fsp3) is 0.143. The molecule has 0 spiro atoms. The first-order valence-electron chi connectivity index (χ1n) is 17.3. The monoisotopic (exact) mass is 760 g/mol. The van der Waals surface area contributed by atoms with Crippen LogP contribution in [0.15, 0.2) is 166 Å². The average Bonchev–Trinajstić information content (AvgIpc) is 4.03. The van der Waals surface area contributed by atoms with Gasteiger partial charge in [-0.05, 0) is 84.3 Å². The first-order valence-corrected chi connectivity index (χ1v) is 18.6. The Morgan fingerprint density at radius 2 is 1.13 bits per heavy atom. The molecule has 1 atom stereocenters. The molecule has 13 heteroatoms. The molecule has 0 saturated carbocycles. The van der Waals surface area contributed by atoms with Gasteiger partial charge >= 0.3 is 0 Å². The smallest absolute Gasteiger partial charge is 0.226 e. The van der Waals surface area contributed by atoms with E-state index in [1.54, 1.807) is 24.3 Å². The van der Waals surface area contributed by atoms with Crippen LogP contribution >= 0.6 is 7.92 Å². The minimum atomic E-state index is -0.454. The molecule has 1 unspecified atom stereocenters. The Labute approximate surface area is 318 Å². The topological polar surface area (TPSA) is 156 Å². The van der Waals surface area contributed by atoms with E-state index in [0.717, 1.165) is 25.0 Å². The van der Waals surface area contributed by atoms with Crippen molar-refractivity contribution in [3.8, 4) is 22.9 Å². The van der Waals surface area contributed by atoms with Crippen molar-refractivity contribution in [1.29, 1.82) is 0 Å². The number of ether oxygens (including phenoxy) is 1. The van der Waals surface area contributed by atoms with Crippen LogP contribution in [0.25, 0.3) is 33.4 Å². The van der Waals surface area contributed by atoms with E-state index in [1.807, 2.05) is 0 Å². The molecule has 55 heavy (non-hydrogen) atoms. The number of rotatable bonds is 8. The minimum absolute atomic E-state index is 0.140. The lowest BCUT2D eigenvalue weighted by Crippen LogP contribution is -2.20. The zero-order valence-corrected chi connectivity index (χ0v) is 30.6. The second-order valence-corrected chi connectivity index (χ2v) is 13.9. The van der Waals surface area contributed by atoms with E-state index in [0.29, 0.717) is 35.3 Å². The van der Waals surface area contributed by atoms with Crippen LogP contribution < -0.4 is 21.6 Å². The van der Waals surface area contributed by atoms with E-state index >= 15 is 0 Å². The van der Waals surface area contributed by atoms with Gasteiger partial charge in [0.1, 0.15) is 24.2 Å². The van der Waals surface area contributed by atoms with Gasteiger partial charge in [-0.1, -0.05) is 96.1 Å². The number of nitrogens with zero attached hydrogens (tertiary/aromatic N) is 5. The number of halogens is 2. The Hall–Kier alpha value is -6.00. The highest BCUT2D eigenvalue weighted by atomic mass is 31.1. The molecule has 3 heterocycles. The maximum atomic E-state index is 12.7. The number of hydrogen-bond acceptors (Lipinski definition) is 8. The maximum absolute atomic E-state index is 12.7. The molecule has 1 aliphatic heterocycles. The van der Waals surface area contributed by atoms with Crippen LogP contribution in [0.2, 0.25) is 0 Å². The van der Waals surface area contributed by atoms with Crippen molar-refractivity contribution >= 4 is 23.8 Å². The van der Waals surface area contributed by atoms with E-state index in [9.17, 15) is 8.78 Å². The van der Waals surface area contributed by atoms with E-state index in [1.165, 1.54) is 52.7 Å². The van der Waals surface area contributed by atoms with Crippen LogP contribution in [0, 0.1) is 11.6 Å². The number of aliphatic hydroxyl groups excluding tert-OH is 1. The van der Waals surface area contributed by atoms with Gasteiger partial charge in [0.15, 0.2) is 6.29 Å². The molecule has 280 valence electrons. The molecule has 8 rings (SSSR count). The summed E-state index contributed by atoms with van der Waals surface area (Å²) in [5, 5.41) is 16.1. The summed E-state index contributed by atoms with van der Waals surface area (Å²) < 4.78 is 40.3. The number of azide groups is 1. The minimum Gasteiger partial charge on any atom is -0.444 e. The molecule has 1 fully saturated rings. The summed E-state index contributed by atoms with van der Waals surface area (Å²) in [5.41, 5.74) is 16.2. The predicted octanol–water partition coefficient (Wildman–Crippen LogP) is 8.79. The lowest BCUT2D eigenvalue weighted by Gasteiger charge is -2.18. The molecule has 0 aliphatic carbocycles. The Balaban J connectivity index is 0.000000148. The van der Waals surface area contributed by atoms with Gasteiger partial charge < -0.3 is 24.4 Å². The second-order valence-electron chi connectivity index (χ2n) is 11.7. The summed E-state index contributed by atoms with van der Waals surface area (Å²) in [6.07, 6.45) is 4.29. The summed E-state index contributed by atoms with van der Waals surface area (Å²) in [6.45, 7) is 1.22. The molecular formula is C42H39F2N6O4P. The highest BCUT2D eigenvalue weighted by Gasteiger charge is 2.15. The summed E-state index contributed by atoms with van der Waals surface area (Å²) in [7, 11) is -0.446. The van der Waals surface area contributed by atoms with Crippen molar-refractivity contribution in [1.82, 2.24) is 9.97 Å². The van der Waals surface area contributed by atoms with Crippen LogP contribution in [-0.4, -0.2) is 28.0 Å². The third kappa shape index (κ3) is 12.8. The Kier molecular flexibility index (Phi) is 15.8. The van der Waals surface area contributed by atoms with Crippen molar-refractivity contribution in [2.45, 2.75) is 32.2 Å². The van der Waals surface area contributed by atoms with Crippen molar-refractivity contribution in [3.63, 3.8) is 0 Å². The molecular weight excluding hydrogens is 721 g/mol. The zero-order chi connectivity index (χ0) is 38.7. The fourth-order valence-electron chi connectivity index (χ4n) is 5.07. The van der Waals surface area contributed by atoms with Crippen LogP contribution in [0.1, 0.15) is 24.2 Å². The summed E-state index contributed by atoms with van der Waals surface area (Å²) in [6, 6.07) is 44.1. The quantitative estimate of drug-likeness (QED) is 0.0679. The number of nitrogens with two attached hydrogens (primary N) is 1. The van der Waals surface area contributed by atoms with Crippen LogP contribution in [0.3, 0.4) is 0 Å². The number of benzene rings is 5. The van der Waals surface area contributed by atoms with Gasteiger partial charge in [0, 0.05) is 35.6 Å². The van der Waals surface area contributed by atoms with Gasteiger partial charge in [0.05, 0.1) is 17.9 Å². The van der Waals surface area contributed by atoms with Crippen LogP contribution in [0.4, 0.5) is 8.78 Å². The third-order valence-corrected chi connectivity index (χ3v) is 10.2. The maximum Gasteiger partial charge on any atom is 0.226 e. The molecule has 0 amide bonds. The molecule has 0 radical (unpaired) electrons. The van der Waals surface area contributed by atoms with Gasteiger partial charge in [0.2, 0.25) is 11.8 Å². The number of hydrogen-bond donors (Lipinski definition) is 2. The molecule has 3 N–H and O–H groups in total. The van der Waals surface area contributed by atoms with E-state index < -0.39 is 14.2 Å². The number of aliphatic hydroxyl groups is 1. The molecule has 1 aliphatic rings. The van der Waals surface area contributed by atoms with Gasteiger partial charge in [-0.25, -0.2) is 18.7 Å². The number of oxazole rings is 2. The predicted molar refractivity (Wildman–Crippen MR) is 211 cm³/mol. The molecule has 2 aromatic heterocycles. The first-order chi connectivity index (χ1) is 26.9. The average molecular weight is 761 g/mol. The van der Waals surface area contributed by atoms with Gasteiger partial charge in [-0.15, -0.1) is 0 Å². The highest BCUT2D eigenvalue weighted by molar-refractivity contribution is 7.79. The van der Waals surface area contributed by atoms with Crippen molar-refractivity contribution in [2.24, 2.45) is 10.8 Å². The highest BCUT2D eigenvalue weighted by Crippen LogP contribution is 2.32. The number of aromatic nitrogens is 2. The Morgan fingerprint density at radius 1 is 0.691 bits per heavy atom. The van der Waals surface area contributed by atoms with Gasteiger partial charge in [-0.2, -0.15) is 0 Å². The summed E-state index contributed by atoms with van der Waals surface area (Å²) in [5.74, 6) is 0.248. The van der Waals surface area contributed by atoms with Gasteiger partial charge in [0.25, 0.3) is 0 Å². The Bertz CT molecular complexity index is 2080. The Morgan fingerprint density at radius 3 is 1.47 bits per heavy atom. The van der Waals surface area contributed by atoms with Gasteiger partial charge in [-0.3, -0.25) is 0 Å². The SMILES string of the molecule is NCc1coc(-c2ccc(F)cc2)n1.OC1CCCO1.[N-]=[N+]=NCc1coc(-c2ccc(F)cc2)n1.c1ccc(P(c2ccccc2)c2ccccc2)cc1. The lowest BCUT2D eigenvalue weighted by molar-refractivity contribution is -0.0589. The molecule has 0 bridgehead atoms. The standard InChI is InChI=1S/C18H15P.C10H7FN4O.C10H9FN2O.C4H8O2/c1-4-10-16(11-5-1)19(17-12-6-2-7-13-17)18-14-8-3-9-15-18;11-8-3-1-7(2-4-8)10-14-9(6-16-10)5-13-15-12;11-8-3-1-7(2-4-8)10-13-9(5-12)6-14-10;5-4-2-1-3-6-4/h1-15H;1-4,6H,5H2;1-4,6H,5,12H2;4-5H,1-3H2. The van der Waals surface area contributed by atoms with E-state index in [-0.39, 0.29) is 18.2 Å². The largest absolute Gasteiger partial charge is 0.444 e. The second kappa shape index (κ2) is 21.6. The summed E-state index contributed by atoms with van der Waals surface area (Å²) >= 11 is 0. The lowest BCUT2D eigenvalue weighted by atomic mass is 10.2. The van der Waals surface area contributed by atoms with Crippen molar-refractivity contribution in [3.05, 3.63) is 186 Å². The van der Waals surface area contributed by atoms with Crippen molar-refractivity contribution in [2.75, 3.05) is 6.61 Å². The van der Waals surface area contributed by atoms with Crippen LogP contribution in [0.5, 0.6) is 0 Å². The first kappa shape index (κ1) is 40.2. The molecule has 7 aromatic rings. The van der Waals surface area contributed by atoms with E-state index in [4.69, 9.17) is 29.9 Å². The summed E-state index contributed by atoms with van der Waals surface area (Å²) in [4.78, 5) is 10.8. The molecule has 5 aromatic carbocycles. The zero-order valence-electron chi connectivity index (χ0n) is 29.7. The molecule has 10 nitrogen and oxygen atoms in total. The normalized spacial score (nSPS) is 12.9. The fourth-order valence-corrected chi connectivity index (χ4v) is 7.38. The van der Waals surface area contributed by atoms with Crippen LogP contribution in [-0.2, 0) is 17.8 Å². The molecule has 1 saturated heterocycles.